The Balaban J connectivity index is 2.54. The van der Waals surface area contributed by atoms with Gasteiger partial charge in [0.05, 0.1) is 7.11 Å². The van der Waals surface area contributed by atoms with E-state index >= 15 is 0 Å². The van der Waals surface area contributed by atoms with Gasteiger partial charge in [0.25, 0.3) is 0 Å². The summed E-state index contributed by atoms with van der Waals surface area (Å²) in [6, 6.07) is 1.58. The van der Waals surface area contributed by atoms with Gasteiger partial charge in [0.1, 0.15) is 23.2 Å². The van der Waals surface area contributed by atoms with Crippen molar-refractivity contribution in [1.82, 2.24) is 0 Å². The van der Waals surface area contributed by atoms with Gasteiger partial charge in [0.15, 0.2) is 29.1 Å². The van der Waals surface area contributed by atoms with Crippen LogP contribution >= 0.6 is 0 Å². The first-order chi connectivity index (χ1) is 14.5. The molecule has 0 aliphatic heterocycles. The molecular weight excluding hydrogens is 447 g/mol. The molecule has 0 saturated heterocycles. The van der Waals surface area contributed by atoms with Crippen molar-refractivity contribution in [2.75, 3.05) is 7.11 Å². The molecule has 0 N–H and O–H groups in total. The van der Waals surface area contributed by atoms with Crippen LogP contribution in [0.1, 0.15) is 11.1 Å². The predicted molar refractivity (Wildman–Crippen MR) is 99.7 cm³/mol. The highest BCUT2D eigenvalue weighted by Gasteiger charge is 2.39. The Morgan fingerprint density at radius 1 is 0.613 bits per heavy atom. The van der Waals surface area contributed by atoms with Gasteiger partial charge in [0, 0.05) is 18.2 Å². The summed E-state index contributed by atoms with van der Waals surface area (Å²) in [5.41, 5.74) is -1.19. The Labute approximate surface area is 176 Å². The van der Waals surface area contributed by atoms with Crippen LogP contribution in [0.5, 0.6) is 5.75 Å². The average Bonchev–Trinajstić information content (AvgIpc) is 2.68. The molecule has 31 heavy (non-hydrogen) atoms. The van der Waals surface area contributed by atoms with Gasteiger partial charge in [-0.05, 0) is 31.0 Å². The Morgan fingerprint density at radius 3 is 1.48 bits per heavy atom. The molecule has 0 saturated carbocycles. The van der Waals surface area contributed by atoms with Gasteiger partial charge >= 0.3 is 14.1 Å². The van der Waals surface area contributed by atoms with Crippen LogP contribution in [0.25, 0.3) is 0 Å². The van der Waals surface area contributed by atoms with Gasteiger partial charge in [-0.2, -0.15) is 0 Å². The normalized spacial score (nSPS) is 11.1. The molecule has 0 bridgehead atoms. The highest BCUT2D eigenvalue weighted by Crippen LogP contribution is 2.21. The summed E-state index contributed by atoms with van der Waals surface area (Å²) in [7, 11) is 1.01. The van der Waals surface area contributed by atoms with Crippen LogP contribution in [-0.4, -0.2) is 21.3 Å². The van der Waals surface area contributed by atoms with E-state index in [-0.39, 0.29) is 12.1 Å². The van der Waals surface area contributed by atoms with Crippen LogP contribution in [-0.2, 0) is 0 Å². The van der Waals surface area contributed by atoms with E-state index < -0.39 is 90.8 Å². The van der Waals surface area contributed by atoms with E-state index in [9.17, 15) is 35.1 Å². The van der Waals surface area contributed by atoms with Crippen molar-refractivity contribution >= 4 is 27.4 Å². The summed E-state index contributed by atoms with van der Waals surface area (Å²) in [6.45, 7) is 1.98. The lowest BCUT2D eigenvalue weighted by atomic mass is 10.2. The lowest BCUT2D eigenvalue weighted by molar-refractivity contribution is 0.387. The molecule has 3 aromatic rings. The second-order valence-electron chi connectivity index (χ2n) is 6.83. The third kappa shape index (κ3) is 3.90. The number of methoxy groups -OCH3 is 1. The molecule has 0 heterocycles. The van der Waals surface area contributed by atoms with Crippen molar-refractivity contribution < 1.29 is 39.9 Å². The van der Waals surface area contributed by atoms with Gasteiger partial charge in [-0.1, -0.05) is 13.3 Å². The molecule has 0 aliphatic carbocycles. The quantitative estimate of drug-likeness (QED) is 0.326. The van der Waals surface area contributed by atoms with E-state index in [0.717, 1.165) is 27.0 Å². The second-order valence-corrected chi connectivity index (χ2v) is 9.47. The summed E-state index contributed by atoms with van der Waals surface area (Å²) in [5.74, 6) is -11.6. The molecule has 0 aromatic heterocycles. The maximum absolute atomic E-state index is 14.9. The highest BCUT2D eigenvalue weighted by molar-refractivity contribution is 6.96. The molecule has 3 aromatic carbocycles. The van der Waals surface area contributed by atoms with E-state index in [0.29, 0.717) is 6.07 Å². The third-order valence-electron chi connectivity index (χ3n) is 5.04. The maximum Gasteiger partial charge on any atom is 0.400 e. The first-order valence-electron chi connectivity index (χ1n) is 8.80. The fourth-order valence-electron chi connectivity index (χ4n) is 3.63. The van der Waals surface area contributed by atoms with Crippen LogP contribution in [0.2, 0.25) is 0 Å². The number of hydrogen-bond acceptors (Lipinski definition) is 1. The number of halogens is 8. The summed E-state index contributed by atoms with van der Waals surface area (Å²) in [5, 5.41) is 0. The first-order valence-corrected chi connectivity index (χ1v) is 10.5. The van der Waals surface area contributed by atoms with Crippen molar-refractivity contribution in [1.29, 1.82) is 0 Å². The number of rotatable bonds is 4. The van der Waals surface area contributed by atoms with Crippen LogP contribution in [0.3, 0.4) is 0 Å². The molecular formula is C21H13AlF8O. The van der Waals surface area contributed by atoms with Crippen molar-refractivity contribution in [2.45, 2.75) is 13.8 Å². The van der Waals surface area contributed by atoms with Crippen LogP contribution in [0.4, 0.5) is 35.1 Å². The minimum Gasteiger partial charge on any atom is -0.495 e. The van der Waals surface area contributed by atoms with E-state index in [2.05, 4.69) is 0 Å². The van der Waals surface area contributed by atoms with Crippen molar-refractivity contribution in [3.05, 3.63) is 81.9 Å². The van der Waals surface area contributed by atoms with E-state index in [1.54, 1.807) is 0 Å². The van der Waals surface area contributed by atoms with E-state index in [1.165, 1.54) is 0 Å². The van der Waals surface area contributed by atoms with E-state index in [4.69, 9.17) is 4.74 Å². The molecule has 0 spiro atoms. The minimum absolute atomic E-state index is 0.201. The number of hydrogen-bond donors (Lipinski definition) is 0. The zero-order chi connectivity index (χ0) is 23.2. The molecule has 3 rings (SSSR count). The summed E-state index contributed by atoms with van der Waals surface area (Å²) in [4.78, 5) is 0. The standard InChI is InChI=1S/2C7H4F3.C7H5F2O.Al/c2*1-4-2-5(8)3-6(9)7(4)10;1-10-7-3-2-5(8)4-6(7)9;/h2*3H,1H3;2,4H,1H3;. The fourth-order valence-corrected chi connectivity index (χ4v) is 7.22. The monoisotopic (exact) mass is 460 g/mol. The van der Waals surface area contributed by atoms with Crippen LogP contribution in [0, 0.1) is 60.4 Å². The van der Waals surface area contributed by atoms with Gasteiger partial charge < -0.3 is 4.74 Å². The van der Waals surface area contributed by atoms with Gasteiger partial charge in [0.2, 0.25) is 0 Å². The molecule has 0 radical (unpaired) electrons. The lowest BCUT2D eigenvalue weighted by Gasteiger charge is -2.22. The van der Waals surface area contributed by atoms with Gasteiger partial charge in [-0.15, -0.1) is 0 Å². The highest BCUT2D eigenvalue weighted by atomic mass is 27.2. The molecule has 0 atom stereocenters. The molecule has 162 valence electrons. The second kappa shape index (κ2) is 8.52. The van der Waals surface area contributed by atoms with Crippen molar-refractivity contribution in [3.8, 4) is 5.75 Å². The topological polar surface area (TPSA) is 9.23 Å². The van der Waals surface area contributed by atoms with E-state index in [1.807, 2.05) is 0 Å². The molecule has 10 heteroatoms. The number of ether oxygens (including phenoxy) is 1. The summed E-state index contributed by atoms with van der Waals surface area (Å²) >= 11 is -3.84. The summed E-state index contributed by atoms with van der Waals surface area (Å²) < 4.78 is 118. The molecule has 0 unspecified atom stereocenters. The Kier molecular flexibility index (Phi) is 6.35. The summed E-state index contributed by atoms with van der Waals surface area (Å²) in [6.07, 6.45) is 0. The molecule has 1 nitrogen and oxygen atoms in total. The minimum atomic E-state index is -3.84. The van der Waals surface area contributed by atoms with Crippen molar-refractivity contribution in [3.63, 3.8) is 0 Å². The Hall–Kier alpha value is -2.57. The lowest BCUT2D eigenvalue weighted by Crippen LogP contribution is -2.57. The van der Waals surface area contributed by atoms with Crippen LogP contribution in [0.15, 0.2) is 24.3 Å². The molecule has 0 fully saturated rings. The predicted octanol–water partition coefficient (Wildman–Crippen LogP) is 3.94. The van der Waals surface area contributed by atoms with Crippen LogP contribution < -0.4 is 18.0 Å². The molecule has 0 amide bonds. The van der Waals surface area contributed by atoms with Gasteiger partial charge in [-0.25, -0.2) is 35.1 Å². The average molecular weight is 460 g/mol. The zero-order valence-electron chi connectivity index (χ0n) is 16.3. The van der Waals surface area contributed by atoms with Gasteiger partial charge in [-0.3, -0.25) is 0 Å². The van der Waals surface area contributed by atoms with Crippen molar-refractivity contribution in [2.24, 2.45) is 0 Å². The Bertz CT molecular complexity index is 1130. The smallest absolute Gasteiger partial charge is 0.400 e. The maximum atomic E-state index is 14.9. The zero-order valence-corrected chi connectivity index (χ0v) is 17.5. The first kappa shape index (κ1) is 23.1. The Morgan fingerprint density at radius 2 is 1.06 bits per heavy atom. The largest absolute Gasteiger partial charge is 0.495 e. The fraction of sp³-hybridized carbons (Fsp3) is 0.143. The third-order valence-corrected chi connectivity index (χ3v) is 8.66. The number of benzene rings is 3. The SMILES string of the molecule is COc1c(F)cc(F)c[c]1[Al]([c]1c(F)cc(F)c(F)c1C)[c]1c(F)cc(F)c(F)c1C. The molecule has 0 aliphatic rings.